The highest BCUT2D eigenvalue weighted by molar-refractivity contribution is 7.93. The average molecular weight is 438 g/mol. The second-order valence-corrected chi connectivity index (χ2v) is 9.32. The monoisotopic (exact) mass is 437 g/mol. The first-order valence-corrected chi connectivity index (χ1v) is 11.6. The predicted molar refractivity (Wildman–Crippen MR) is 123 cm³/mol. The van der Waals surface area contributed by atoms with Gasteiger partial charge in [-0.2, -0.15) is 0 Å². The lowest BCUT2D eigenvalue weighted by Gasteiger charge is -2.23. The van der Waals surface area contributed by atoms with Crippen LogP contribution in [-0.4, -0.2) is 20.9 Å². The van der Waals surface area contributed by atoms with Gasteiger partial charge in [0, 0.05) is 6.42 Å². The molecule has 6 heteroatoms. The smallest absolute Gasteiger partial charge is 0.270 e. The number of rotatable bonds is 8. The number of aryl methyl sites for hydroxylation is 3. The normalized spacial score (nSPS) is 11.2. The van der Waals surface area contributed by atoms with E-state index >= 15 is 0 Å². The quantitative estimate of drug-likeness (QED) is 0.455. The first kappa shape index (κ1) is 22.6. The Morgan fingerprint density at radius 1 is 0.871 bits per heavy atom. The first-order chi connectivity index (χ1) is 14.8. The number of carbonyl (C=O) groups is 1. The van der Waals surface area contributed by atoms with Crippen LogP contribution in [0.15, 0.2) is 77.7 Å². The molecule has 0 saturated heterocycles. The minimum Gasteiger partial charge on any atom is -0.493 e. The molecule has 3 aromatic carbocycles. The third-order valence-corrected chi connectivity index (χ3v) is 6.68. The molecule has 0 heterocycles. The zero-order valence-corrected chi connectivity index (χ0v) is 18.9. The van der Waals surface area contributed by atoms with Crippen molar-refractivity contribution in [3.8, 4) is 5.75 Å². The molecule has 0 aliphatic rings. The topological polar surface area (TPSA) is 63.7 Å². The van der Waals surface area contributed by atoms with E-state index in [2.05, 4.69) is 0 Å². The van der Waals surface area contributed by atoms with Gasteiger partial charge in [0.15, 0.2) is 0 Å². The fraction of sp³-hybridized carbons (Fsp3) is 0.240. The molecule has 0 unspecified atom stereocenters. The van der Waals surface area contributed by atoms with Crippen LogP contribution >= 0.6 is 0 Å². The molecule has 3 aromatic rings. The van der Waals surface area contributed by atoms with Crippen LogP contribution in [0.1, 0.15) is 29.5 Å². The van der Waals surface area contributed by atoms with Crippen LogP contribution in [-0.2, 0) is 14.8 Å². The summed E-state index contributed by atoms with van der Waals surface area (Å²) in [5, 5.41) is 0. The Bertz CT molecular complexity index is 1140. The highest BCUT2D eigenvalue weighted by Crippen LogP contribution is 2.25. The van der Waals surface area contributed by atoms with Gasteiger partial charge in [-0.25, -0.2) is 12.7 Å². The van der Waals surface area contributed by atoms with Gasteiger partial charge in [-0.1, -0.05) is 48.0 Å². The van der Waals surface area contributed by atoms with Gasteiger partial charge in [0.1, 0.15) is 5.75 Å². The number of ether oxygens (including phenoxy) is 1. The fourth-order valence-electron chi connectivity index (χ4n) is 3.17. The number of anilines is 1. The molecule has 0 aliphatic heterocycles. The Kier molecular flexibility index (Phi) is 7.13. The van der Waals surface area contributed by atoms with E-state index in [0.717, 1.165) is 26.7 Å². The van der Waals surface area contributed by atoms with E-state index < -0.39 is 15.9 Å². The summed E-state index contributed by atoms with van der Waals surface area (Å²) in [4.78, 5) is 13.1. The van der Waals surface area contributed by atoms with Crippen molar-refractivity contribution in [1.29, 1.82) is 0 Å². The molecule has 0 fully saturated rings. The number of nitrogens with zero attached hydrogens (tertiary/aromatic N) is 1. The number of benzene rings is 3. The Morgan fingerprint density at radius 2 is 1.52 bits per heavy atom. The van der Waals surface area contributed by atoms with Gasteiger partial charge in [0.2, 0.25) is 5.91 Å². The van der Waals surface area contributed by atoms with Crippen LogP contribution in [0.4, 0.5) is 5.69 Å². The summed E-state index contributed by atoms with van der Waals surface area (Å²) in [6, 6.07) is 20.9. The van der Waals surface area contributed by atoms with E-state index in [4.69, 9.17) is 4.74 Å². The van der Waals surface area contributed by atoms with E-state index in [-0.39, 0.29) is 11.3 Å². The summed E-state index contributed by atoms with van der Waals surface area (Å²) < 4.78 is 33.3. The summed E-state index contributed by atoms with van der Waals surface area (Å²) in [6.07, 6.45) is 0.448. The lowest BCUT2D eigenvalue weighted by Crippen LogP contribution is -2.37. The van der Waals surface area contributed by atoms with E-state index in [0.29, 0.717) is 18.7 Å². The van der Waals surface area contributed by atoms with Gasteiger partial charge in [-0.05, 0) is 68.7 Å². The van der Waals surface area contributed by atoms with Crippen molar-refractivity contribution >= 4 is 21.6 Å². The average Bonchev–Trinajstić information content (AvgIpc) is 2.74. The molecule has 0 N–H and O–H groups in total. The molecular formula is C25H27NO4S. The second kappa shape index (κ2) is 9.79. The number of sulfonamides is 1. The first-order valence-electron chi connectivity index (χ1n) is 10.2. The molecule has 5 nitrogen and oxygen atoms in total. The number of amides is 1. The van der Waals surface area contributed by atoms with Crippen LogP contribution in [0, 0.1) is 20.8 Å². The molecule has 1 amide bonds. The highest BCUT2D eigenvalue weighted by Gasteiger charge is 2.30. The fourth-order valence-corrected chi connectivity index (χ4v) is 4.62. The summed E-state index contributed by atoms with van der Waals surface area (Å²) in [6.45, 7) is 6.16. The highest BCUT2D eigenvalue weighted by atomic mass is 32.2. The molecule has 0 bridgehead atoms. The molecule has 0 spiro atoms. The van der Waals surface area contributed by atoms with Crippen molar-refractivity contribution in [2.24, 2.45) is 0 Å². The van der Waals surface area contributed by atoms with E-state index in [9.17, 15) is 13.2 Å². The predicted octanol–water partition coefficient (Wildman–Crippen LogP) is 5.19. The molecular weight excluding hydrogens is 410 g/mol. The Labute approximate surface area is 184 Å². The molecule has 31 heavy (non-hydrogen) atoms. The van der Waals surface area contributed by atoms with Crippen molar-refractivity contribution in [3.63, 3.8) is 0 Å². The SMILES string of the molecule is Cc1ccc(S(=O)(=O)N(C(=O)CCCOc2cc(C)ccc2C)c2ccccc2)cc1. The zero-order valence-electron chi connectivity index (χ0n) is 18.0. The standard InChI is InChI=1S/C25H27NO4S/c1-19-12-15-23(16-13-19)31(28,29)26(22-8-5-4-6-9-22)25(27)10-7-17-30-24-18-20(2)11-14-21(24)3/h4-6,8-9,11-16,18H,7,10,17H2,1-3H3. The number of para-hydroxylation sites is 1. The van der Waals surface area contributed by atoms with Crippen LogP contribution < -0.4 is 9.04 Å². The summed E-state index contributed by atoms with van der Waals surface area (Å²) in [5.41, 5.74) is 3.38. The Morgan fingerprint density at radius 3 is 2.19 bits per heavy atom. The van der Waals surface area contributed by atoms with Crippen molar-refractivity contribution in [3.05, 3.63) is 89.5 Å². The van der Waals surface area contributed by atoms with Gasteiger partial charge in [-0.15, -0.1) is 0 Å². The lowest BCUT2D eigenvalue weighted by atomic mass is 10.1. The van der Waals surface area contributed by atoms with Crippen LogP contribution in [0.25, 0.3) is 0 Å². The Hall–Kier alpha value is -3.12. The van der Waals surface area contributed by atoms with Gasteiger partial charge in [-0.3, -0.25) is 4.79 Å². The van der Waals surface area contributed by atoms with Gasteiger partial charge < -0.3 is 4.74 Å². The van der Waals surface area contributed by atoms with Crippen LogP contribution in [0.3, 0.4) is 0 Å². The van der Waals surface area contributed by atoms with E-state index in [1.54, 1.807) is 42.5 Å². The summed E-state index contributed by atoms with van der Waals surface area (Å²) >= 11 is 0. The minimum absolute atomic E-state index is 0.0465. The van der Waals surface area contributed by atoms with E-state index in [1.165, 1.54) is 12.1 Å². The molecule has 162 valence electrons. The number of hydrogen-bond acceptors (Lipinski definition) is 4. The minimum atomic E-state index is -4.03. The van der Waals surface area contributed by atoms with Gasteiger partial charge >= 0.3 is 0 Å². The maximum atomic E-state index is 13.3. The maximum Gasteiger partial charge on any atom is 0.270 e. The summed E-state index contributed by atoms with van der Waals surface area (Å²) in [7, 11) is -4.03. The van der Waals surface area contributed by atoms with Crippen LogP contribution in [0.2, 0.25) is 0 Å². The number of carbonyl (C=O) groups excluding carboxylic acids is 1. The molecule has 0 saturated carbocycles. The maximum absolute atomic E-state index is 13.3. The zero-order chi connectivity index (χ0) is 22.4. The summed E-state index contributed by atoms with van der Waals surface area (Å²) in [5.74, 6) is 0.288. The van der Waals surface area contributed by atoms with Crippen molar-refractivity contribution < 1.29 is 17.9 Å². The van der Waals surface area contributed by atoms with Crippen molar-refractivity contribution in [2.45, 2.75) is 38.5 Å². The molecule has 0 aliphatic carbocycles. The van der Waals surface area contributed by atoms with Gasteiger partial charge in [0.25, 0.3) is 10.0 Å². The molecule has 0 radical (unpaired) electrons. The third kappa shape index (κ3) is 5.52. The van der Waals surface area contributed by atoms with Gasteiger partial charge in [0.05, 0.1) is 17.2 Å². The lowest BCUT2D eigenvalue weighted by molar-refractivity contribution is -0.117. The van der Waals surface area contributed by atoms with E-state index in [1.807, 2.05) is 39.0 Å². The van der Waals surface area contributed by atoms with Crippen LogP contribution in [0.5, 0.6) is 5.75 Å². The van der Waals surface area contributed by atoms with Crippen molar-refractivity contribution in [1.82, 2.24) is 0 Å². The molecule has 0 atom stereocenters. The molecule has 0 aromatic heterocycles. The van der Waals surface area contributed by atoms with Crippen molar-refractivity contribution in [2.75, 3.05) is 10.9 Å². The Balaban J connectivity index is 1.76. The number of hydrogen-bond donors (Lipinski definition) is 0. The third-order valence-electron chi connectivity index (χ3n) is 4.91. The second-order valence-electron chi connectivity index (χ2n) is 7.53. The largest absolute Gasteiger partial charge is 0.493 e. The molecule has 3 rings (SSSR count).